The molecule has 0 spiro atoms. The third-order valence-electron chi connectivity index (χ3n) is 3.03. The molecule has 106 valence electrons. The maximum atomic E-state index is 12.0. The summed E-state index contributed by atoms with van der Waals surface area (Å²) in [5.74, 6) is 1.74. The smallest absolute Gasteiger partial charge is 0.164 e. The Hall–Kier alpha value is -1.51. The van der Waals surface area contributed by atoms with Gasteiger partial charge in [0.2, 0.25) is 0 Å². The summed E-state index contributed by atoms with van der Waals surface area (Å²) in [4.78, 5) is 12.0. The number of carbonyl (C=O) groups excluding carboxylic acids is 1. The van der Waals surface area contributed by atoms with Gasteiger partial charge in [-0.25, -0.2) is 0 Å². The second kappa shape index (κ2) is 6.60. The van der Waals surface area contributed by atoms with E-state index in [9.17, 15) is 4.79 Å². The highest BCUT2D eigenvalue weighted by Gasteiger charge is 2.21. The summed E-state index contributed by atoms with van der Waals surface area (Å²) < 4.78 is 10.9. The van der Waals surface area contributed by atoms with Crippen molar-refractivity contribution in [3.63, 3.8) is 0 Å². The molecule has 0 atom stereocenters. The van der Waals surface area contributed by atoms with Crippen LogP contribution in [0.3, 0.4) is 0 Å². The number of Topliss-reactive ketones (excluding diaryl/α,β-unsaturated/α-hetero) is 1. The van der Waals surface area contributed by atoms with Crippen molar-refractivity contribution in [3.05, 3.63) is 23.8 Å². The molecule has 0 radical (unpaired) electrons. The lowest BCUT2D eigenvalue weighted by molar-refractivity contribution is -0.126. The molecule has 0 saturated carbocycles. The van der Waals surface area contributed by atoms with Crippen LogP contribution in [0.2, 0.25) is 0 Å². The van der Waals surface area contributed by atoms with Crippen LogP contribution in [0.1, 0.15) is 39.7 Å². The average Bonchev–Trinajstić information content (AvgIpc) is 2.36. The molecule has 0 amide bonds. The summed E-state index contributed by atoms with van der Waals surface area (Å²) >= 11 is 0. The van der Waals surface area contributed by atoms with Crippen molar-refractivity contribution in [1.29, 1.82) is 0 Å². The van der Waals surface area contributed by atoms with Gasteiger partial charge in [0.15, 0.2) is 11.5 Å². The molecule has 0 saturated heterocycles. The van der Waals surface area contributed by atoms with Crippen molar-refractivity contribution in [2.45, 2.75) is 40.5 Å². The maximum Gasteiger partial charge on any atom is 0.164 e. The summed E-state index contributed by atoms with van der Waals surface area (Å²) in [6.45, 7) is 8.37. The fourth-order valence-corrected chi connectivity index (χ4v) is 1.85. The van der Waals surface area contributed by atoms with Gasteiger partial charge in [-0.1, -0.05) is 32.9 Å². The first-order chi connectivity index (χ1) is 8.90. The first-order valence-electron chi connectivity index (χ1n) is 6.72. The molecule has 3 heteroatoms. The minimum atomic E-state index is -0.287. The molecular formula is C16H24O3. The molecule has 19 heavy (non-hydrogen) atoms. The van der Waals surface area contributed by atoms with Crippen LogP contribution in [0.25, 0.3) is 0 Å². The molecule has 0 fully saturated rings. The number of ketones is 1. The van der Waals surface area contributed by atoms with Gasteiger partial charge in [-0.15, -0.1) is 0 Å². The van der Waals surface area contributed by atoms with Crippen LogP contribution in [-0.2, 0) is 11.2 Å². The molecule has 0 unspecified atom stereocenters. The second-order valence-corrected chi connectivity index (χ2v) is 5.55. The van der Waals surface area contributed by atoms with E-state index in [0.29, 0.717) is 19.4 Å². The number of ether oxygens (including phenoxy) is 2. The molecule has 0 aromatic heterocycles. The molecule has 0 N–H and O–H groups in total. The number of carbonyl (C=O) groups is 1. The second-order valence-electron chi connectivity index (χ2n) is 5.55. The van der Waals surface area contributed by atoms with Crippen LogP contribution < -0.4 is 9.47 Å². The first kappa shape index (κ1) is 15.5. The number of hydrogen-bond acceptors (Lipinski definition) is 3. The summed E-state index contributed by atoms with van der Waals surface area (Å²) in [7, 11) is 1.63. The van der Waals surface area contributed by atoms with Crippen molar-refractivity contribution in [2.24, 2.45) is 5.41 Å². The van der Waals surface area contributed by atoms with Crippen LogP contribution >= 0.6 is 0 Å². The fraction of sp³-hybridized carbons (Fsp3) is 0.562. The van der Waals surface area contributed by atoms with Crippen LogP contribution in [0.15, 0.2) is 18.2 Å². The zero-order chi connectivity index (χ0) is 14.5. The molecular weight excluding hydrogens is 240 g/mol. The van der Waals surface area contributed by atoms with Crippen LogP contribution in [-0.4, -0.2) is 19.5 Å². The third-order valence-corrected chi connectivity index (χ3v) is 3.03. The summed E-state index contributed by atoms with van der Waals surface area (Å²) in [5, 5.41) is 0. The molecule has 0 aliphatic carbocycles. The molecule has 1 aromatic carbocycles. The quantitative estimate of drug-likeness (QED) is 0.787. The number of benzene rings is 1. The Morgan fingerprint density at radius 2 is 1.95 bits per heavy atom. The standard InChI is InChI=1S/C16H24O3/c1-6-19-15-12(8-7-9-13(15)18-5)10-11-14(17)16(2,3)4/h7-9H,6,10-11H2,1-5H3. The van der Waals surface area contributed by atoms with E-state index < -0.39 is 0 Å². The van der Waals surface area contributed by atoms with Gasteiger partial charge in [0.25, 0.3) is 0 Å². The summed E-state index contributed by atoms with van der Waals surface area (Å²) in [6.07, 6.45) is 1.21. The van der Waals surface area contributed by atoms with E-state index in [1.807, 2.05) is 45.9 Å². The molecule has 0 bridgehead atoms. The predicted octanol–water partition coefficient (Wildman–Crippen LogP) is 3.64. The fourth-order valence-electron chi connectivity index (χ4n) is 1.85. The normalized spacial score (nSPS) is 11.2. The minimum absolute atomic E-state index is 0.262. The Kier molecular flexibility index (Phi) is 5.40. The van der Waals surface area contributed by atoms with Gasteiger partial charge in [-0.05, 0) is 25.0 Å². The van der Waals surface area contributed by atoms with E-state index in [4.69, 9.17) is 9.47 Å². The predicted molar refractivity (Wildman–Crippen MR) is 76.9 cm³/mol. The summed E-state index contributed by atoms with van der Waals surface area (Å²) in [5.41, 5.74) is 0.740. The maximum absolute atomic E-state index is 12.0. The third kappa shape index (κ3) is 4.27. The zero-order valence-electron chi connectivity index (χ0n) is 12.6. The largest absolute Gasteiger partial charge is 0.493 e. The highest BCUT2D eigenvalue weighted by atomic mass is 16.5. The molecule has 0 aliphatic heterocycles. The molecule has 1 rings (SSSR count). The topological polar surface area (TPSA) is 35.5 Å². The lowest BCUT2D eigenvalue weighted by Crippen LogP contribution is -2.20. The van der Waals surface area contributed by atoms with Crippen LogP contribution in [0.4, 0.5) is 0 Å². The minimum Gasteiger partial charge on any atom is -0.493 e. The number of rotatable bonds is 6. The van der Waals surface area contributed by atoms with Crippen LogP contribution in [0, 0.1) is 5.41 Å². The van der Waals surface area contributed by atoms with Gasteiger partial charge in [0, 0.05) is 11.8 Å². The zero-order valence-corrected chi connectivity index (χ0v) is 12.6. The van der Waals surface area contributed by atoms with E-state index in [0.717, 1.165) is 17.1 Å². The lowest BCUT2D eigenvalue weighted by atomic mass is 9.87. The van der Waals surface area contributed by atoms with Crippen molar-refractivity contribution < 1.29 is 14.3 Å². The number of para-hydroxylation sites is 1. The highest BCUT2D eigenvalue weighted by Crippen LogP contribution is 2.32. The van der Waals surface area contributed by atoms with E-state index in [-0.39, 0.29) is 11.2 Å². The van der Waals surface area contributed by atoms with Crippen LogP contribution in [0.5, 0.6) is 11.5 Å². The Bertz CT molecular complexity index is 430. The molecule has 1 aromatic rings. The number of methoxy groups -OCH3 is 1. The van der Waals surface area contributed by atoms with E-state index in [2.05, 4.69) is 0 Å². The average molecular weight is 264 g/mol. The monoisotopic (exact) mass is 264 g/mol. The van der Waals surface area contributed by atoms with Crippen molar-refractivity contribution in [2.75, 3.05) is 13.7 Å². The Morgan fingerprint density at radius 3 is 2.47 bits per heavy atom. The molecule has 0 aliphatic rings. The number of aryl methyl sites for hydroxylation is 1. The van der Waals surface area contributed by atoms with E-state index >= 15 is 0 Å². The van der Waals surface area contributed by atoms with Gasteiger partial charge in [-0.2, -0.15) is 0 Å². The van der Waals surface area contributed by atoms with Gasteiger partial charge in [-0.3, -0.25) is 4.79 Å². The van der Waals surface area contributed by atoms with Gasteiger partial charge in [0.1, 0.15) is 5.78 Å². The Labute approximate surface area is 115 Å². The SMILES string of the molecule is CCOc1c(CCC(=O)C(C)(C)C)cccc1OC. The van der Waals surface area contributed by atoms with Gasteiger partial charge < -0.3 is 9.47 Å². The molecule has 3 nitrogen and oxygen atoms in total. The highest BCUT2D eigenvalue weighted by molar-refractivity contribution is 5.83. The first-order valence-corrected chi connectivity index (χ1v) is 6.72. The Morgan fingerprint density at radius 1 is 1.26 bits per heavy atom. The van der Waals surface area contributed by atoms with Crippen molar-refractivity contribution in [3.8, 4) is 11.5 Å². The van der Waals surface area contributed by atoms with Gasteiger partial charge in [0.05, 0.1) is 13.7 Å². The van der Waals surface area contributed by atoms with E-state index in [1.165, 1.54) is 0 Å². The summed E-state index contributed by atoms with van der Waals surface area (Å²) in [6, 6.07) is 5.79. The van der Waals surface area contributed by atoms with Gasteiger partial charge >= 0.3 is 0 Å². The molecule has 0 heterocycles. The number of hydrogen-bond donors (Lipinski definition) is 0. The van der Waals surface area contributed by atoms with Crippen molar-refractivity contribution >= 4 is 5.78 Å². The van der Waals surface area contributed by atoms with Crippen molar-refractivity contribution in [1.82, 2.24) is 0 Å². The lowest BCUT2D eigenvalue weighted by Gasteiger charge is -2.18. The Balaban J connectivity index is 2.86. The van der Waals surface area contributed by atoms with E-state index in [1.54, 1.807) is 7.11 Å².